The molecule has 0 bridgehead atoms. The predicted molar refractivity (Wildman–Crippen MR) is 65.3 cm³/mol. The molecule has 16 heavy (non-hydrogen) atoms. The summed E-state index contributed by atoms with van der Waals surface area (Å²) >= 11 is 0. The van der Waals surface area contributed by atoms with Gasteiger partial charge in [-0.1, -0.05) is 6.92 Å². The molecule has 2 fully saturated rings. The molecule has 2 unspecified atom stereocenters. The van der Waals surface area contributed by atoms with Gasteiger partial charge in [-0.2, -0.15) is 0 Å². The zero-order chi connectivity index (χ0) is 12.2. The second-order valence-electron chi connectivity index (χ2n) is 6.84. The summed E-state index contributed by atoms with van der Waals surface area (Å²) in [5, 5.41) is 10.9. The van der Waals surface area contributed by atoms with E-state index in [9.17, 15) is 5.11 Å². The maximum Gasteiger partial charge on any atom is 0.0729 e. The first kappa shape index (κ1) is 12.4. The van der Waals surface area contributed by atoms with Crippen LogP contribution < -0.4 is 0 Å². The summed E-state index contributed by atoms with van der Waals surface area (Å²) in [5.41, 5.74) is -0.791. The summed E-state index contributed by atoms with van der Waals surface area (Å²) in [5.74, 6) is 0.784. The molecular formula is C14H26O2. The van der Waals surface area contributed by atoms with Crippen LogP contribution in [0.1, 0.15) is 60.3 Å². The van der Waals surface area contributed by atoms with Gasteiger partial charge in [-0.25, -0.2) is 0 Å². The van der Waals surface area contributed by atoms with Gasteiger partial charge in [0.15, 0.2) is 0 Å². The van der Waals surface area contributed by atoms with E-state index in [1.165, 1.54) is 12.8 Å². The largest absolute Gasteiger partial charge is 0.389 e. The van der Waals surface area contributed by atoms with E-state index in [0.717, 1.165) is 12.8 Å². The first-order chi connectivity index (χ1) is 7.21. The number of rotatable bonds is 3. The molecule has 2 aliphatic rings. The third kappa shape index (κ3) is 1.91. The summed E-state index contributed by atoms with van der Waals surface area (Å²) in [7, 11) is 0. The van der Waals surface area contributed by atoms with Crippen molar-refractivity contribution in [3.8, 4) is 0 Å². The Labute approximate surface area is 99.4 Å². The summed E-state index contributed by atoms with van der Waals surface area (Å²) < 4.78 is 6.11. The van der Waals surface area contributed by atoms with Crippen LogP contribution in [-0.2, 0) is 4.74 Å². The summed E-state index contributed by atoms with van der Waals surface area (Å²) in [6.45, 7) is 10.7. The van der Waals surface area contributed by atoms with Crippen LogP contribution in [0, 0.1) is 11.8 Å². The van der Waals surface area contributed by atoms with E-state index in [0.29, 0.717) is 5.92 Å². The molecule has 1 saturated heterocycles. The van der Waals surface area contributed by atoms with Crippen LogP contribution in [0.2, 0.25) is 0 Å². The third-order valence-corrected chi connectivity index (χ3v) is 4.53. The third-order valence-electron chi connectivity index (χ3n) is 4.53. The fraction of sp³-hybridized carbons (Fsp3) is 1.00. The highest BCUT2D eigenvalue weighted by atomic mass is 16.5. The van der Waals surface area contributed by atoms with Crippen molar-refractivity contribution in [1.29, 1.82) is 0 Å². The van der Waals surface area contributed by atoms with E-state index in [-0.39, 0.29) is 17.1 Å². The minimum Gasteiger partial charge on any atom is -0.389 e. The first-order valence-electron chi connectivity index (χ1n) is 6.64. The molecule has 94 valence electrons. The van der Waals surface area contributed by atoms with Crippen LogP contribution in [0.15, 0.2) is 0 Å². The molecule has 0 amide bonds. The minimum absolute atomic E-state index is 0.0911. The van der Waals surface area contributed by atoms with Crippen molar-refractivity contribution < 1.29 is 9.84 Å². The van der Waals surface area contributed by atoms with Crippen molar-refractivity contribution in [2.75, 3.05) is 0 Å². The van der Waals surface area contributed by atoms with Crippen molar-refractivity contribution in [1.82, 2.24) is 0 Å². The monoisotopic (exact) mass is 226 g/mol. The Morgan fingerprint density at radius 1 is 1.25 bits per heavy atom. The van der Waals surface area contributed by atoms with Gasteiger partial charge in [0.25, 0.3) is 0 Å². The molecule has 1 saturated carbocycles. The van der Waals surface area contributed by atoms with Gasteiger partial charge in [-0.05, 0) is 59.3 Å². The Balaban J connectivity index is 2.25. The van der Waals surface area contributed by atoms with Crippen molar-refractivity contribution >= 4 is 0 Å². The van der Waals surface area contributed by atoms with Crippen LogP contribution >= 0.6 is 0 Å². The molecule has 0 spiro atoms. The molecule has 1 aliphatic carbocycles. The Morgan fingerprint density at radius 2 is 1.81 bits per heavy atom. The van der Waals surface area contributed by atoms with E-state index in [1.807, 2.05) is 0 Å². The summed E-state index contributed by atoms with van der Waals surface area (Å²) in [4.78, 5) is 0. The molecule has 0 aromatic rings. The maximum absolute atomic E-state index is 10.9. The van der Waals surface area contributed by atoms with Crippen molar-refractivity contribution in [3.05, 3.63) is 0 Å². The molecule has 2 heteroatoms. The Bertz CT molecular complexity index is 278. The van der Waals surface area contributed by atoms with E-state index in [4.69, 9.17) is 4.74 Å². The Morgan fingerprint density at radius 3 is 2.12 bits per heavy atom. The molecule has 1 heterocycles. The van der Waals surface area contributed by atoms with E-state index in [2.05, 4.69) is 34.6 Å². The lowest BCUT2D eigenvalue weighted by molar-refractivity contribution is -0.122. The molecule has 2 rings (SSSR count). The Kier molecular flexibility index (Phi) is 2.67. The first-order valence-corrected chi connectivity index (χ1v) is 6.64. The van der Waals surface area contributed by atoms with E-state index < -0.39 is 5.60 Å². The second kappa shape index (κ2) is 3.46. The second-order valence-corrected chi connectivity index (χ2v) is 6.84. The highest BCUT2D eigenvalue weighted by Gasteiger charge is 2.58. The lowest BCUT2D eigenvalue weighted by Crippen LogP contribution is -2.47. The lowest BCUT2D eigenvalue weighted by atomic mass is 9.71. The fourth-order valence-corrected chi connectivity index (χ4v) is 3.74. The highest BCUT2D eigenvalue weighted by molar-refractivity contribution is 5.08. The van der Waals surface area contributed by atoms with Gasteiger partial charge in [0.05, 0.1) is 16.8 Å². The molecular weight excluding hydrogens is 200 g/mol. The van der Waals surface area contributed by atoms with Crippen LogP contribution in [0.3, 0.4) is 0 Å². The molecule has 2 atom stereocenters. The summed E-state index contributed by atoms with van der Waals surface area (Å²) in [6, 6.07) is 0. The minimum atomic E-state index is -0.503. The Hall–Kier alpha value is -0.0800. The average Bonchev–Trinajstić information content (AvgIpc) is 2.91. The van der Waals surface area contributed by atoms with E-state index >= 15 is 0 Å². The topological polar surface area (TPSA) is 29.5 Å². The highest BCUT2D eigenvalue weighted by Crippen LogP contribution is 2.55. The molecule has 1 N–H and O–H groups in total. The standard InChI is InChI=1S/C14H26O2/c1-6-14(15,10-7-8-10)11-9-12(2,3)16-13(11,4)5/h10-11,15H,6-9H2,1-5H3. The van der Waals surface area contributed by atoms with Gasteiger partial charge >= 0.3 is 0 Å². The van der Waals surface area contributed by atoms with E-state index in [1.54, 1.807) is 0 Å². The maximum atomic E-state index is 10.9. The molecule has 0 radical (unpaired) electrons. The zero-order valence-electron chi connectivity index (χ0n) is 11.3. The predicted octanol–water partition coefficient (Wildman–Crippen LogP) is 3.13. The smallest absolute Gasteiger partial charge is 0.0729 e. The normalized spacial score (nSPS) is 36.0. The lowest BCUT2D eigenvalue weighted by Gasteiger charge is -2.40. The van der Waals surface area contributed by atoms with Crippen LogP contribution in [0.25, 0.3) is 0 Å². The van der Waals surface area contributed by atoms with Crippen molar-refractivity contribution in [2.45, 2.75) is 77.1 Å². The summed E-state index contributed by atoms with van der Waals surface area (Å²) in [6.07, 6.45) is 4.21. The molecule has 0 aromatic carbocycles. The quantitative estimate of drug-likeness (QED) is 0.801. The molecule has 0 aromatic heterocycles. The number of aliphatic hydroxyl groups is 1. The van der Waals surface area contributed by atoms with Gasteiger partial charge in [0, 0.05) is 5.92 Å². The van der Waals surface area contributed by atoms with Crippen LogP contribution in [-0.4, -0.2) is 21.9 Å². The number of hydrogen-bond donors (Lipinski definition) is 1. The van der Waals surface area contributed by atoms with Crippen molar-refractivity contribution in [2.24, 2.45) is 11.8 Å². The number of ether oxygens (including phenoxy) is 1. The van der Waals surface area contributed by atoms with Gasteiger partial charge < -0.3 is 9.84 Å². The van der Waals surface area contributed by atoms with Gasteiger partial charge in [-0.3, -0.25) is 0 Å². The SMILES string of the molecule is CCC(O)(C1CC1)C1CC(C)(C)OC1(C)C. The molecule has 2 nitrogen and oxygen atoms in total. The van der Waals surface area contributed by atoms with Crippen LogP contribution in [0.4, 0.5) is 0 Å². The number of hydrogen-bond acceptors (Lipinski definition) is 2. The van der Waals surface area contributed by atoms with Gasteiger partial charge in [0.1, 0.15) is 0 Å². The van der Waals surface area contributed by atoms with Gasteiger partial charge in [-0.15, -0.1) is 0 Å². The van der Waals surface area contributed by atoms with Gasteiger partial charge in [0.2, 0.25) is 0 Å². The zero-order valence-corrected chi connectivity index (χ0v) is 11.3. The molecule has 1 aliphatic heterocycles. The van der Waals surface area contributed by atoms with Crippen LogP contribution in [0.5, 0.6) is 0 Å². The fourth-order valence-electron chi connectivity index (χ4n) is 3.74. The van der Waals surface area contributed by atoms with Crippen molar-refractivity contribution in [3.63, 3.8) is 0 Å². The average molecular weight is 226 g/mol.